The lowest BCUT2D eigenvalue weighted by Crippen LogP contribution is -2.46. The van der Waals surface area contributed by atoms with Gasteiger partial charge in [0.15, 0.2) is 0 Å². The maximum atomic E-state index is 12.1. The second-order valence-electron chi connectivity index (χ2n) is 3.77. The standard InChI is InChI=1S/C12H16N2O2.ClH/c1-16-11-4-2-10(3-5-11)12(15)14-8-6-13-7-9-14;/h2-5,13H,6-9H2,1H3;1H. The number of piperazine rings is 1. The summed E-state index contributed by atoms with van der Waals surface area (Å²) in [5.74, 6) is 0.876. The highest BCUT2D eigenvalue weighted by Crippen LogP contribution is 2.13. The Balaban J connectivity index is 0.00000144. The van der Waals surface area contributed by atoms with Crippen LogP contribution in [-0.2, 0) is 0 Å². The summed E-state index contributed by atoms with van der Waals surface area (Å²) in [5, 5.41) is 3.23. The van der Waals surface area contributed by atoms with Crippen molar-refractivity contribution in [2.75, 3.05) is 33.3 Å². The molecule has 0 aliphatic carbocycles. The molecule has 0 radical (unpaired) electrons. The van der Waals surface area contributed by atoms with Gasteiger partial charge in [-0.3, -0.25) is 4.79 Å². The molecule has 17 heavy (non-hydrogen) atoms. The number of nitrogens with one attached hydrogen (secondary N) is 1. The normalized spacial score (nSPS) is 15.0. The lowest BCUT2D eigenvalue weighted by molar-refractivity contribution is 0.0736. The number of methoxy groups -OCH3 is 1. The maximum absolute atomic E-state index is 12.1. The van der Waals surface area contributed by atoms with Crippen LogP contribution in [0, 0.1) is 0 Å². The largest absolute Gasteiger partial charge is 0.497 e. The molecule has 0 aromatic heterocycles. The Kier molecular flexibility index (Phi) is 5.25. The summed E-state index contributed by atoms with van der Waals surface area (Å²) in [5.41, 5.74) is 0.725. The number of ether oxygens (including phenoxy) is 1. The predicted octanol–water partition coefficient (Wildman–Crippen LogP) is 1.16. The van der Waals surface area contributed by atoms with Crippen molar-refractivity contribution in [1.29, 1.82) is 0 Å². The van der Waals surface area contributed by atoms with Gasteiger partial charge in [0.2, 0.25) is 0 Å². The quantitative estimate of drug-likeness (QED) is 0.864. The molecule has 0 bridgehead atoms. The average Bonchev–Trinajstić information content (AvgIpc) is 2.39. The highest BCUT2D eigenvalue weighted by atomic mass is 35.5. The summed E-state index contributed by atoms with van der Waals surface area (Å²) in [7, 11) is 1.62. The monoisotopic (exact) mass is 256 g/mol. The molecule has 0 spiro atoms. The number of hydrogen-bond acceptors (Lipinski definition) is 3. The third-order valence-electron chi connectivity index (χ3n) is 2.74. The molecule has 0 saturated carbocycles. The Morgan fingerprint density at radius 2 is 1.82 bits per heavy atom. The van der Waals surface area contributed by atoms with Gasteiger partial charge in [0.1, 0.15) is 5.75 Å². The van der Waals surface area contributed by atoms with E-state index in [0.29, 0.717) is 0 Å². The summed E-state index contributed by atoms with van der Waals surface area (Å²) in [6.45, 7) is 3.32. The molecule has 1 N–H and O–H groups in total. The van der Waals surface area contributed by atoms with Crippen LogP contribution in [0.4, 0.5) is 0 Å². The fourth-order valence-electron chi connectivity index (χ4n) is 1.78. The molecule has 1 amide bonds. The van der Waals surface area contributed by atoms with E-state index in [4.69, 9.17) is 4.74 Å². The Morgan fingerprint density at radius 1 is 1.24 bits per heavy atom. The number of amides is 1. The Bertz CT molecular complexity index is 361. The van der Waals surface area contributed by atoms with E-state index in [-0.39, 0.29) is 18.3 Å². The minimum absolute atomic E-state index is 0. The van der Waals surface area contributed by atoms with Crippen molar-refractivity contribution in [3.05, 3.63) is 29.8 Å². The fourth-order valence-corrected chi connectivity index (χ4v) is 1.78. The zero-order chi connectivity index (χ0) is 11.4. The van der Waals surface area contributed by atoms with Gasteiger partial charge in [-0.05, 0) is 24.3 Å². The number of nitrogens with zero attached hydrogens (tertiary/aromatic N) is 1. The number of carbonyl (C=O) groups excluding carboxylic acids is 1. The van der Waals surface area contributed by atoms with Gasteiger partial charge >= 0.3 is 0 Å². The summed E-state index contributed by atoms with van der Waals surface area (Å²) < 4.78 is 5.06. The first-order valence-corrected chi connectivity index (χ1v) is 5.45. The van der Waals surface area contributed by atoms with Crippen molar-refractivity contribution in [1.82, 2.24) is 10.2 Å². The molecular weight excluding hydrogens is 240 g/mol. The van der Waals surface area contributed by atoms with Gasteiger partial charge in [-0.1, -0.05) is 0 Å². The number of rotatable bonds is 2. The molecule has 2 rings (SSSR count). The molecule has 1 aromatic carbocycles. The van der Waals surface area contributed by atoms with Gasteiger partial charge in [0, 0.05) is 31.7 Å². The van der Waals surface area contributed by atoms with Crippen LogP contribution in [0.2, 0.25) is 0 Å². The van der Waals surface area contributed by atoms with Crippen molar-refractivity contribution < 1.29 is 9.53 Å². The lowest BCUT2D eigenvalue weighted by atomic mass is 10.2. The van der Waals surface area contributed by atoms with Gasteiger partial charge in [-0.25, -0.2) is 0 Å². The first-order chi connectivity index (χ1) is 7.81. The van der Waals surface area contributed by atoms with Crippen LogP contribution in [0.1, 0.15) is 10.4 Å². The average molecular weight is 257 g/mol. The number of carbonyl (C=O) groups is 1. The van der Waals surface area contributed by atoms with Crippen molar-refractivity contribution in [3.63, 3.8) is 0 Å². The number of halogens is 1. The van der Waals surface area contributed by atoms with Crippen LogP contribution in [-0.4, -0.2) is 44.1 Å². The lowest BCUT2D eigenvalue weighted by Gasteiger charge is -2.27. The van der Waals surface area contributed by atoms with E-state index in [0.717, 1.165) is 37.5 Å². The molecule has 1 saturated heterocycles. The molecular formula is C12H17ClN2O2. The molecule has 1 aliphatic rings. The van der Waals surface area contributed by atoms with E-state index in [1.165, 1.54) is 0 Å². The highest BCUT2D eigenvalue weighted by Gasteiger charge is 2.17. The Morgan fingerprint density at radius 3 is 2.35 bits per heavy atom. The van der Waals surface area contributed by atoms with E-state index >= 15 is 0 Å². The van der Waals surface area contributed by atoms with Gasteiger partial charge in [0.05, 0.1) is 7.11 Å². The van der Waals surface area contributed by atoms with Crippen molar-refractivity contribution in [2.24, 2.45) is 0 Å². The zero-order valence-corrected chi connectivity index (χ0v) is 10.6. The number of benzene rings is 1. The molecule has 1 heterocycles. The second kappa shape index (κ2) is 6.47. The van der Waals surface area contributed by atoms with Crippen LogP contribution in [0.3, 0.4) is 0 Å². The van der Waals surface area contributed by atoms with E-state index in [1.54, 1.807) is 7.11 Å². The molecule has 0 atom stereocenters. The minimum atomic E-state index is 0. The van der Waals surface area contributed by atoms with Crippen molar-refractivity contribution in [3.8, 4) is 5.75 Å². The molecule has 5 heteroatoms. The number of hydrogen-bond donors (Lipinski definition) is 1. The Hall–Kier alpha value is -1.26. The maximum Gasteiger partial charge on any atom is 0.253 e. The van der Waals surface area contributed by atoms with E-state index < -0.39 is 0 Å². The highest BCUT2D eigenvalue weighted by molar-refractivity contribution is 5.94. The summed E-state index contributed by atoms with van der Waals surface area (Å²) in [6, 6.07) is 7.25. The van der Waals surface area contributed by atoms with Crippen LogP contribution in [0.25, 0.3) is 0 Å². The molecule has 4 nitrogen and oxygen atoms in total. The van der Waals surface area contributed by atoms with E-state index in [2.05, 4.69) is 5.32 Å². The summed E-state index contributed by atoms with van der Waals surface area (Å²) >= 11 is 0. The van der Waals surface area contributed by atoms with Crippen LogP contribution in [0.15, 0.2) is 24.3 Å². The molecule has 94 valence electrons. The van der Waals surface area contributed by atoms with Crippen LogP contribution >= 0.6 is 12.4 Å². The smallest absolute Gasteiger partial charge is 0.253 e. The summed E-state index contributed by atoms with van der Waals surface area (Å²) in [4.78, 5) is 13.9. The van der Waals surface area contributed by atoms with Crippen LogP contribution < -0.4 is 10.1 Å². The van der Waals surface area contributed by atoms with Crippen molar-refractivity contribution >= 4 is 18.3 Å². The van der Waals surface area contributed by atoms with Crippen molar-refractivity contribution in [2.45, 2.75) is 0 Å². The third kappa shape index (κ3) is 3.35. The van der Waals surface area contributed by atoms with E-state index in [1.807, 2.05) is 29.2 Å². The summed E-state index contributed by atoms with van der Waals surface area (Å²) in [6.07, 6.45) is 0. The molecule has 1 aliphatic heterocycles. The van der Waals surface area contributed by atoms with Gasteiger partial charge in [-0.2, -0.15) is 0 Å². The van der Waals surface area contributed by atoms with E-state index in [9.17, 15) is 4.79 Å². The predicted molar refractivity (Wildman–Crippen MR) is 69.0 cm³/mol. The first kappa shape index (κ1) is 13.8. The molecule has 1 aromatic rings. The van der Waals surface area contributed by atoms with Gasteiger partial charge in [-0.15, -0.1) is 12.4 Å². The topological polar surface area (TPSA) is 41.6 Å². The minimum Gasteiger partial charge on any atom is -0.497 e. The Labute approximate surface area is 107 Å². The van der Waals surface area contributed by atoms with Gasteiger partial charge < -0.3 is 15.0 Å². The third-order valence-corrected chi connectivity index (χ3v) is 2.74. The van der Waals surface area contributed by atoms with Crippen LogP contribution in [0.5, 0.6) is 5.75 Å². The molecule has 0 unspecified atom stereocenters. The first-order valence-electron chi connectivity index (χ1n) is 5.45. The SMILES string of the molecule is COc1ccc(C(=O)N2CCNCC2)cc1.Cl. The molecule has 1 fully saturated rings. The van der Waals surface area contributed by atoms with Gasteiger partial charge in [0.25, 0.3) is 5.91 Å². The second-order valence-corrected chi connectivity index (χ2v) is 3.77. The fraction of sp³-hybridized carbons (Fsp3) is 0.417. The zero-order valence-electron chi connectivity index (χ0n) is 9.81.